The number of hydrogen-bond donors (Lipinski definition) is 1. The third-order valence-corrected chi connectivity index (χ3v) is 3.60. The lowest BCUT2D eigenvalue weighted by Crippen LogP contribution is -2.31. The molecular weight excluding hydrogens is 210 g/mol. The molecule has 1 saturated heterocycles. The second-order valence-electron chi connectivity index (χ2n) is 5.25. The fourth-order valence-electron chi connectivity index (χ4n) is 2.37. The maximum atomic E-state index is 6.27. The average Bonchev–Trinajstić information content (AvgIpc) is 2.39. The molecule has 2 atom stereocenters. The Balaban J connectivity index is 2.05. The smallest absolute Gasteiger partial charge is 0.0767 e. The summed E-state index contributed by atoms with van der Waals surface area (Å²) in [6.45, 7) is 5.28. The van der Waals surface area contributed by atoms with Gasteiger partial charge in [-0.3, -0.25) is 0 Å². The van der Waals surface area contributed by atoms with Gasteiger partial charge < -0.3 is 10.5 Å². The highest BCUT2D eigenvalue weighted by Gasteiger charge is 2.22. The fraction of sp³-hybridized carbons (Fsp3) is 0.600. The third-order valence-electron chi connectivity index (χ3n) is 3.60. The molecule has 2 rings (SSSR count). The molecule has 1 aliphatic heterocycles. The Bertz CT molecular complexity index is 338. The highest BCUT2D eigenvalue weighted by Crippen LogP contribution is 2.25. The van der Waals surface area contributed by atoms with Crippen molar-refractivity contribution in [3.8, 4) is 0 Å². The van der Waals surface area contributed by atoms with Crippen LogP contribution in [0.1, 0.15) is 56.2 Å². The maximum absolute atomic E-state index is 6.27. The summed E-state index contributed by atoms with van der Waals surface area (Å²) in [6.07, 6.45) is 3.71. The summed E-state index contributed by atoms with van der Waals surface area (Å²) in [5.41, 5.74) is 8.83. The summed E-state index contributed by atoms with van der Waals surface area (Å²) in [6, 6.07) is 8.69. The Morgan fingerprint density at radius 3 is 2.29 bits per heavy atom. The fourth-order valence-corrected chi connectivity index (χ4v) is 2.37. The van der Waals surface area contributed by atoms with Crippen molar-refractivity contribution in [2.75, 3.05) is 6.61 Å². The highest BCUT2D eigenvalue weighted by atomic mass is 16.5. The number of nitrogens with two attached hydrogens (primary N) is 1. The minimum atomic E-state index is 0.0245. The van der Waals surface area contributed by atoms with E-state index in [0.29, 0.717) is 5.92 Å². The first-order valence-corrected chi connectivity index (χ1v) is 6.65. The molecule has 0 aliphatic carbocycles. The Kier molecular flexibility index (Phi) is 4.19. The Hall–Kier alpha value is -0.860. The van der Waals surface area contributed by atoms with E-state index in [1.165, 1.54) is 24.0 Å². The number of rotatable bonds is 3. The van der Waals surface area contributed by atoms with Crippen molar-refractivity contribution in [1.29, 1.82) is 0 Å². The third kappa shape index (κ3) is 3.08. The second-order valence-corrected chi connectivity index (χ2v) is 5.25. The van der Waals surface area contributed by atoms with Crippen LogP contribution >= 0.6 is 0 Å². The van der Waals surface area contributed by atoms with Crippen LogP contribution in [0.4, 0.5) is 0 Å². The Morgan fingerprint density at radius 2 is 1.76 bits per heavy atom. The molecule has 1 aromatic rings. The first kappa shape index (κ1) is 12.6. The van der Waals surface area contributed by atoms with Crippen LogP contribution < -0.4 is 5.73 Å². The zero-order valence-corrected chi connectivity index (χ0v) is 10.9. The summed E-state index contributed by atoms with van der Waals surface area (Å²) in [7, 11) is 0. The molecule has 94 valence electrons. The van der Waals surface area contributed by atoms with E-state index in [9.17, 15) is 0 Å². The van der Waals surface area contributed by atoms with Crippen molar-refractivity contribution in [2.24, 2.45) is 5.73 Å². The van der Waals surface area contributed by atoms with E-state index in [2.05, 4.69) is 38.1 Å². The summed E-state index contributed by atoms with van der Waals surface area (Å²) in [5, 5.41) is 0. The molecular formula is C15H23NO. The molecule has 2 N–H and O–H groups in total. The number of hydrogen-bond acceptors (Lipinski definition) is 2. The molecule has 1 aliphatic rings. The standard InChI is InChI=1S/C15H23NO/c1-11(2)12-6-8-13(9-7-12)15(16)14-5-3-4-10-17-14/h6-9,11,14-15H,3-5,10,16H2,1-2H3. The first-order chi connectivity index (χ1) is 8.18. The summed E-state index contributed by atoms with van der Waals surface area (Å²) < 4.78 is 5.75. The molecule has 17 heavy (non-hydrogen) atoms. The SMILES string of the molecule is CC(C)c1ccc(C(N)C2CCCCO2)cc1. The van der Waals surface area contributed by atoms with Crippen molar-refractivity contribution in [3.05, 3.63) is 35.4 Å². The molecule has 0 saturated carbocycles. The summed E-state index contributed by atoms with van der Waals surface area (Å²) >= 11 is 0. The van der Waals surface area contributed by atoms with Gasteiger partial charge in [0.1, 0.15) is 0 Å². The van der Waals surface area contributed by atoms with Crippen LogP contribution in [-0.4, -0.2) is 12.7 Å². The van der Waals surface area contributed by atoms with Crippen LogP contribution in [0.3, 0.4) is 0 Å². The van der Waals surface area contributed by atoms with Gasteiger partial charge in [0.05, 0.1) is 12.1 Å². The molecule has 0 spiro atoms. The van der Waals surface area contributed by atoms with Gasteiger partial charge >= 0.3 is 0 Å². The molecule has 0 radical (unpaired) electrons. The second kappa shape index (κ2) is 5.65. The summed E-state index contributed by atoms with van der Waals surface area (Å²) in [4.78, 5) is 0. The van der Waals surface area contributed by atoms with Gasteiger partial charge in [0.25, 0.3) is 0 Å². The molecule has 1 heterocycles. The Morgan fingerprint density at radius 1 is 1.12 bits per heavy atom. The average molecular weight is 233 g/mol. The van der Waals surface area contributed by atoms with Gasteiger partial charge in [-0.05, 0) is 36.3 Å². The predicted molar refractivity (Wildman–Crippen MR) is 71.1 cm³/mol. The number of benzene rings is 1. The molecule has 2 heteroatoms. The topological polar surface area (TPSA) is 35.2 Å². The van der Waals surface area contributed by atoms with E-state index in [1.54, 1.807) is 0 Å². The van der Waals surface area contributed by atoms with Gasteiger partial charge in [-0.2, -0.15) is 0 Å². The molecule has 2 nitrogen and oxygen atoms in total. The maximum Gasteiger partial charge on any atom is 0.0767 e. The normalized spacial score (nSPS) is 22.7. The lowest BCUT2D eigenvalue weighted by molar-refractivity contribution is 0.0000106. The first-order valence-electron chi connectivity index (χ1n) is 6.65. The predicted octanol–water partition coefficient (Wildman–Crippen LogP) is 3.38. The molecule has 2 unspecified atom stereocenters. The van der Waals surface area contributed by atoms with Gasteiger partial charge in [0.2, 0.25) is 0 Å². The zero-order valence-electron chi connectivity index (χ0n) is 10.9. The van der Waals surface area contributed by atoms with Crippen LogP contribution in [0.5, 0.6) is 0 Å². The highest BCUT2D eigenvalue weighted by molar-refractivity contribution is 5.27. The van der Waals surface area contributed by atoms with Crippen LogP contribution in [0.15, 0.2) is 24.3 Å². The lowest BCUT2D eigenvalue weighted by Gasteiger charge is -2.28. The van der Waals surface area contributed by atoms with E-state index in [4.69, 9.17) is 10.5 Å². The van der Waals surface area contributed by atoms with Gasteiger partial charge in [-0.1, -0.05) is 38.1 Å². The minimum Gasteiger partial charge on any atom is -0.376 e. The van der Waals surface area contributed by atoms with Crippen LogP contribution in [0, 0.1) is 0 Å². The van der Waals surface area contributed by atoms with E-state index in [1.807, 2.05) is 0 Å². The van der Waals surface area contributed by atoms with Gasteiger partial charge in [-0.25, -0.2) is 0 Å². The largest absolute Gasteiger partial charge is 0.376 e. The van der Waals surface area contributed by atoms with Crippen molar-refractivity contribution in [1.82, 2.24) is 0 Å². The minimum absolute atomic E-state index is 0.0245. The van der Waals surface area contributed by atoms with Crippen molar-refractivity contribution in [2.45, 2.75) is 51.2 Å². The van der Waals surface area contributed by atoms with E-state index < -0.39 is 0 Å². The van der Waals surface area contributed by atoms with Crippen molar-refractivity contribution < 1.29 is 4.74 Å². The monoisotopic (exact) mass is 233 g/mol. The molecule has 1 fully saturated rings. The zero-order chi connectivity index (χ0) is 12.3. The lowest BCUT2D eigenvalue weighted by atomic mass is 9.94. The van der Waals surface area contributed by atoms with Crippen LogP contribution in [0.25, 0.3) is 0 Å². The van der Waals surface area contributed by atoms with Crippen LogP contribution in [-0.2, 0) is 4.74 Å². The van der Waals surface area contributed by atoms with Crippen LogP contribution in [0.2, 0.25) is 0 Å². The molecule has 1 aromatic carbocycles. The number of ether oxygens (including phenoxy) is 1. The quantitative estimate of drug-likeness (QED) is 0.868. The van der Waals surface area contributed by atoms with E-state index in [0.717, 1.165) is 13.0 Å². The van der Waals surface area contributed by atoms with Crippen molar-refractivity contribution in [3.63, 3.8) is 0 Å². The van der Waals surface area contributed by atoms with Crippen molar-refractivity contribution >= 4 is 0 Å². The Labute approximate surface area is 104 Å². The molecule has 0 bridgehead atoms. The van der Waals surface area contributed by atoms with Gasteiger partial charge in [-0.15, -0.1) is 0 Å². The molecule has 0 aromatic heterocycles. The summed E-state index contributed by atoms with van der Waals surface area (Å²) in [5.74, 6) is 0.575. The van der Waals surface area contributed by atoms with E-state index >= 15 is 0 Å². The molecule has 0 amide bonds. The van der Waals surface area contributed by atoms with Gasteiger partial charge in [0.15, 0.2) is 0 Å². The van der Waals surface area contributed by atoms with Gasteiger partial charge in [0, 0.05) is 6.61 Å². The van der Waals surface area contributed by atoms with E-state index in [-0.39, 0.29) is 12.1 Å².